The zero-order chi connectivity index (χ0) is 12.5. The molecule has 0 amide bonds. The summed E-state index contributed by atoms with van der Waals surface area (Å²) in [4.78, 5) is 2.71. The molecule has 0 radical (unpaired) electrons. The van der Waals surface area contributed by atoms with Crippen LogP contribution in [0, 0.1) is 11.8 Å². The fourth-order valence-electron chi connectivity index (χ4n) is 3.03. The summed E-state index contributed by atoms with van der Waals surface area (Å²) in [6.45, 7) is 12.7. The highest BCUT2D eigenvalue weighted by atomic mass is 15.3. The first kappa shape index (κ1) is 13.1. The number of nitrogens with one attached hydrogen (secondary N) is 1. The molecule has 1 saturated carbocycles. The van der Waals surface area contributed by atoms with Crippen LogP contribution in [-0.4, -0.2) is 36.1 Å². The monoisotopic (exact) mass is 236 g/mol. The van der Waals surface area contributed by atoms with E-state index in [2.05, 4.69) is 50.1 Å². The average Bonchev–Trinajstić information content (AvgIpc) is 3.11. The predicted octanol–water partition coefficient (Wildman–Crippen LogP) is 2.66. The minimum atomic E-state index is 0.394. The Labute approximate surface area is 106 Å². The molecule has 1 saturated heterocycles. The predicted molar refractivity (Wildman–Crippen MR) is 74.1 cm³/mol. The largest absolute Gasteiger partial charge is 0.311 e. The highest BCUT2D eigenvalue weighted by molar-refractivity contribution is 5.06. The zero-order valence-electron chi connectivity index (χ0n) is 11.9. The van der Waals surface area contributed by atoms with E-state index in [1.54, 1.807) is 0 Å². The van der Waals surface area contributed by atoms with Gasteiger partial charge in [0.05, 0.1) is 0 Å². The van der Waals surface area contributed by atoms with Crippen LogP contribution in [0.1, 0.15) is 40.5 Å². The molecule has 0 aromatic rings. The first-order valence-electron chi connectivity index (χ1n) is 7.17. The van der Waals surface area contributed by atoms with Gasteiger partial charge in [0.1, 0.15) is 0 Å². The van der Waals surface area contributed by atoms with Gasteiger partial charge in [-0.15, -0.1) is 0 Å². The van der Waals surface area contributed by atoms with Gasteiger partial charge in [0, 0.05) is 31.2 Å². The molecule has 1 aliphatic heterocycles. The highest BCUT2D eigenvalue weighted by Gasteiger charge is 2.48. The molecule has 98 valence electrons. The van der Waals surface area contributed by atoms with Gasteiger partial charge in [-0.2, -0.15) is 0 Å². The summed E-state index contributed by atoms with van der Waals surface area (Å²) in [7, 11) is 0. The molecule has 0 aromatic carbocycles. The minimum absolute atomic E-state index is 0.394. The number of piperazine rings is 1. The summed E-state index contributed by atoms with van der Waals surface area (Å²) < 4.78 is 0. The molecule has 2 rings (SSSR count). The van der Waals surface area contributed by atoms with E-state index in [1.165, 1.54) is 19.4 Å². The molecule has 1 aliphatic carbocycles. The topological polar surface area (TPSA) is 15.3 Å². The Morgan fingerprint density at radius 1 is 1.41 bits per heavy atom. The summed E-state index contributed by atoms with van der Waals surface area (Å²) in [6.07, 6.45) is 7.34. The molecule has 2 heteroatoms. The van der Waals surface area contributed by atoms with Crippen LogP contribution in [0.5, 0.6) is 0 Å². The Balaban J connectivity index is 2.06. The van der Waals surface area contributed by atoms with E-state index >= 15 is 0 Å². The third kappa shape index (κ3) is 2.74. The van der Waals surface area contributed by atoms with Crippen molar-refractivity contribution in [2.45, 2.75) is 52.1 Å². The van der Waals surface area contributed by atoms with E-state index in [-0.39, 0.29) is 0 Å². The van der Waals surface area contributed by atoms with Crippen molar-refractivity contribution in [2.75, 3.05) is 19.6 Å². The number of hydrogen-bond donors (Lipinski definition) is 1. The van der Waals surface area contributed by atoms with Gasteiger partial charge < -0.3 is 5.32 Å². The number of rotatable bonds is 4. The van der Waals surface area contributed by atoms with Crippen LogP contribution in [0.3, 0.4) is 0 Å². The van der Waals surface area contributed by atoms with E-state index in [4.69, 9.17) is 0 Å². The highest BCUT2D eigenvalue weighted by Crippen LogP contribution is 2.44. The summed E-state index contributed by atoms with van der Waals surface area (Å²) in [5.41, 5.74) is 0.394. The van der Waals surface area contributed by atoms with Gasteiger partial charge in [-0.25, -0.2) is 0 Å². The number of allylic oxidation sites excluding steroid dienone is 1. The maximum Gasteiger partial charge on any atom is 0.0337 e. The van der Waals surface area contributed by atoms with Crippen molar-refractivity contribution in [3.8, 4) is 0 Å². The molecule has 0 bridgehead atoms. The normalized spacial score (nSPS) is 35.9. The van der Waals surface area contributed by atoms with E-state index in [1.807, 2.05) is 0 Å². The van der Waals surface area contributed by atoms with Gasteiger partial charge in [-0.05, 0) is 38.5 Å². The lowest BCUT2D eigenvalue weighted by Crippen LogP contribution is -2.65. The van der Waals surface area contributed by atoms with E-state index < -0.39 is 0 Å². The number of hydrogen-bond acceptors (Lipinski definition) is 2. The van der Waals surface area contributed by atoms with Crippen molar-refractivity contribution in [2.24, 2.45) is 11.8 Å². The summed E-state index contributed by atoms with van der Waals surface area (Å²) in [5, 5.41) is 3.77. The van der Waals surface area contributed by atoms with Gasteiger partial charge in [0.2, 0.25) is 0 Å². The van der Waals surface area contributed by atoms with Crippen molar-refractivity contribution in [1.29, 1.82) is 0 Å². The lowest BCUT2D eigenvalue weighted by Gasteiger charge is -2.49. The first-order chi connectivity index (χ1) is 8.08. The summed E-state index contributed by atoms with van der Waals surface area (Å²) in [5.74, 6) is 1.65. The SMILES string of the molecule is C/C=C/CN1CC(C(C)C)NCC1(C)C1CC1. The van der Waals surface area contributed by atoms with Crippen molar-refractivity contribution < 1.29 is 0 Å². The van der Waals surface area contributed by atoms with Crippen molar-refractivity contribution in [3.63, 3.8) is 0 Å². The molecular weight excluding hydrogens is 208 g/mol. The molecule has 2 aliphatic rings. The van der Waals surface area contributed by atoms with E-state index in [0.29, 0.717) is 11.6 Å². The van der Waals surface area contributed by atoms with Gasteiger partial charge in [-0.1, -0.05) is 26.0 Å². The van der Waals surface area contributed by atoms with Crippen LogP contribution in [0.4, 0.5) is 0 Å². The molecule has 1 heterocycles. The Hall–Kier alpha value is -0.340. The lowest BCUT2D eigenvalue weighted by molar-refractivity contribution is 0.0358. The maximum absolute atomic E-state index is 3.77. The zero-order valence-corrected chi connectivity index (χ0v) is 11.9. The van der Waals surface area contributed by atoms with Gasteiger partial charge in [0.25, 0.3) is 0 Å². The van der Waals surface area contributed by atoms with Crippen molar-refractivity contribution in [3.05, 3.63) is 12.2 Å². The van der Waals surface area contributed by atoms with Crippen LogP contribution in [-0.2, 0) is 0 Å². The fourth-order valence-corrected chi connectivity index (χ4v) is 3.03. The fraction of sp³-hybridized carbons (Fsp3) is 0.867. The molecule has 2 unspecified atom stereocenters. The lowest BCUT2D eigenvalue weighted by atomic mass is 9.87. The Kier molecular flexibility index (Phi) is 3.94. The maximum atomic E-state index is 3.77. The first-order valence-corrected chi connectivity index (χ1v) is 7.17. The van der Waals surface area contributed by atoms with Crippen LogP contribution >= 0.6 is 0 Å². The molecule has 2 atom stereocenters. The molecule has 2 nitrogen and oxygen atoms in total. The van der Waals surface area contributed by atoms with Crippen molar-refractivity contribution >= 4 is 0 Å². The van der Waals surface area contributed by atoms with E-state index in [0.717, 1.165) is 24.9 Å². The molecule has 1 N–H and O–H groups in total. The second kappa shape index (κ2) is 5.11. The molecule has 2 fully saturated rings. The van der Waals surface area contributed by atoms with E-state index in [9.17, 15) is 0 Å². The average molecular weight is 236 g/mol. The molecule has 0 aromatic heterocycles. The third-order valence-corrected chi connectivity index (χ3v) is 4.68. The molecular formula is C15H28N2. The second-order valence-corrected chi connectivity index (χ2v) is 6.34. The Bertz CT molecular complexity index is 281. The van der Waals surface area contributed by atoms with Crippen LogP contribution < -0.4 is 5.32 Å². The smallest absolute Gasteiger partial charge is 0.0337 e. The molecule has 0 spiro atoms. The van der Waals surface area contributed by atoms with Crippen LogP contribution in [0.2, 0.25) is 0 Å². The van der Waals surface area contributed by atoms with Crippen LogP contribution in [0.25, 0.3) is 0 Å². The quantitative estimate of drug-likeness (QED) is 0.755. The summed E-state index contributed by atoms with van der Waals surface area (Å²) in [6, 6.07) is 0.659. The van der Waals surface area contributed by atoms with Gasteiger partial charge >= 0.3 is 0 Å². The van der Waals surface area contributed by atoms with Gasteiger partial charge in [-0.3, -0.25) is 4.90 Å². The third-order valence-electron chi connectivity index (χ3n) is 4.68. The number of nitrogens with zero attached hydrogens (tertiary/aromatic N) is 1. The minimum Gasteiger partial charge on any atom is -0.311 e. The van der Waals surface area contributed by atoms with Crippen molar-refractivity contribution in [1.82, 2.24) is 10.2 Å². The Morgan fingerprint density at radius 3 is 2.65 bits per heavy atom. The van der Waals surface area contributed by atoms with Gasteiger partial charge in [0.15, 0.2) is 0 Å². The molecule has 17 heavy (non-hydrogen) atoms. The second-order valence-electron chi connectivity index (χ2n) is 6.34. The van der Waals surface area contributed by atoms with Crippen LogP contribution in [0.15, 0.2) is 12.2 Å². The Morgan fingerprint density at radius 2 is 2.12 bits per heavy atom. The summed E-state index contributed by atoms with van der Waals surface area (Å²) >= 11 is 0. The standard InChI is InChI=1S/C15H28N2/c1-5-6-9-17-10-14(12(2)3)16-11-15(17,4)13-7-8-13/h5-6,12-14,16H,7-11H2,1-4H3/b6-5+.